The molecule has 0 atom stereocenters. The van der Waals surface area contributed by atoms with Gasteiger partial charge in [0.25, 0.3) is 5.91 Å². The summed E-state index contributed by atoms with van der Waals surface area (Å²) >= 11 is 0. The Morgan fingerprint density at radius 2 is 1.63 bits per heavy atom. The molecule has 6 nitrogen and oxygen atoms in total. The predicted molar refractivity (Wildman–Crippen MR) is 97.3 cm³/mol. The zero-order chi connectivity index (χ0) is 19.6. The van der Waals surface area contributed by atoms with Crippen molar-refractivity contribution in [1.29, 1.82) is 0 Å². The van der Waals surface area contributed by atoms with Crippen molar-refractivity contribution in [1.82, 2.24) is 5.32 Å². The molecule has 7 heteroatoms. The maximum Gasteiger partial charge on any atom is 0.325 e. The average molecular weight is 375 g/mol. The fourth-order valence-electron chi connectivity index (χ4n) is 2.24. The van der Waals surface area contributed by atoms with Crippen LogP contribution in [0, 0.1) is 5.82 Å². The van der Waals surface area contributed by atoms with E-state index in [2.05, 4.69) is 5.32 Å². The highest BCUT2D eigenvalue weighted by molar-refractivity contribution is 5.96. The number of nitrogens with one attached hydrogen (secondary N) is 1. The van der Waals surface area contributed by atoms with E-state index < -0.39 is 11.9 Å². The first kappa shape index (κ1) is 20.2. The second kappa shape index (κ2) is 10.2. The molecule has 0 bridgehead atoms. The summed E-state index contributed by atoms with van der Waals surface area (Å²) in [5, 5.41) is 2.50. The van der Waals surface area contributed by atoms with Crippen molar-refractivity contribution in [3.05, 3.63) is 59.4 Å². The zero-order valence-electron chi connectivity index (χ0n) is 15.3. The van der Waals surface area contributed by atoms with Crippen molar-refractivity contribution in [2.45, 2.75) is 20.5 Å². The van der Waals surface area contributed by atoms with Gasteiger partial charge in [0.15, 0.2) is 11.5 Å². The lowest BCUT2D eigenvalue weighted by atomic mass is 10.2. The Hall–Kier alpha value is -3.09. The van der Waals surface area contributed by atoms with Crippen LogP contribution in [-0.4, -0.2) is 31.6 Å². The van der Waals surface area contributed by atoms with E-state index in [1.807, 2.05) is 13.8 Å². The van der Waals surface area contributed by atoms with Crippen LogP contribution < -0.4 is 14.8 Å². The number of rotatable bonds is 9. The summed E-state index contributed by atoms with van der Waals surface area (Å²) in [6, 6.07) is 10.4. The molecular formula is C20H22FNO5. The van der Waals surface area contributed by atoms with Crippen molar-refractivity contribution in [3.63, 3.8) is 0 Å². The number of ether oxygens (including phenoxy) is 3. The number of carbonyl (C=O) groups excluding carboxylic acids is 2. The summed E-state index contributed by atoms with van der Waals surface area (Å²) in [6.07, 6.45) is 0. The first-order chi connectivity index (χ1) is 13.0. The van der Waals surface area contributed by atoms with Gasteiger partial charge in [-0.15, -0.1) is 0 Å². The van der Waals surface area contributed by atoms with Crippen LogP contribution in [0.4, 0.5) is 4.39 Å². The molecule has 0 heterocycles. The standard InChI is InChI=1S/C20H22FNO5/c1-3-25-17-10-7-15(11-18(17)26-4-2)20(24)22-12-19(23)27-13-14-5-8-16(21)9-6-14/h5-11H,3-4,12-13H2,1-2H3,(H,22,24). The molecule has 0 saturated carbocycles. The first-order valence-electron chi connectivity index (χ1n) is 8.61. The molecule has 2 aromatic rings. The summed E-state index contributed by atoms with van der Waals surface area (Å²) in [4.78, 5) is 24.0. The molecule has 0 fully saturated rings. The van der Waals surface area contributed by atoms with Gasteiger partial charge < -0.3 is 19.5 Å². The Balaban J connectivity index is 1.87. The lowest BCUT2D eigenvalue weighted by Gasteiger charge is -2.12. The monoisotopic (exact) mass is 375 g/mol. The second-order valence-corrected chi connectivity index (χ2v) is 5.50. The number of carbonyl (C=O) groups is 2. The number of amides is 1. The molecule has 0 saturated heterocycles. The van der Waals surface area contributed by atoms with Gasteiger partial charge in [-0.25, -0.2) is 4.39 Å². The van der Waals surface area contributed by atoms with E-state index in [4.69, 9.17) is 14.2 Å². The normalized spacial score (nSPS) is 10.2. The van der Waals surface area contributed by atoms with E-state index in [0.717, 1.165) is 0 Å². The Morgan fingerprint density at radius 3 is 2.30 bits per heavy atom. The van der Waals surface area contributed by atoms with E-state index in [9.17, 15) is 14.0 Å². The lowest BCUT2D eigenvalue weighted by molar-refractivity contribution is -0.143. The van der Waals surface area contributed by atoms with Gasteiger partial charge in [0.2, 0.25) is 0 Å². The molecule has 1 N–H and O–H groups in total. The van der Waals surface area contributed by atoms with Gasteiger partial charge >= 0.3 is 5.97 Å². The van der Waals surface area contributed by atoms with Gasteiger partial charge in [-0.2, -0.15) is 0 Å². The van der Waals surface area contributed by atoms with Crippen LogP contribution in [-0.2, 0) is 16.1 Å². The highest BCUT2D eigenvalue weighted by Crippen LogP contribution is 2.28. The molecule has 0 aliphatic heterocycles. The Bertz CT molecular complexity index is 776. The minimum atomic E-state index is -0.594. The highest BCUT2D eigenvalue weighted by atomic mass is 19.1. The number of benzene rings is 2. The molecule has 0 radical (unpaired) electrons. The third-order valence-electron chi connectivity index (χ3n) is 3.51. The summed E-state index contributed by atoms with van der Waals surface area (Å²) in [5.41, 5.74) is 0.997. The predicted octanol–water partition coefficient (Wildman–Crippen LogP) is 3.10. The summed E-state index contributed by atoms with van der Waals surface area (Å²) in [7, 11) is 0. The van der Waals surface area contributed by atoms with Gasteiger partial charge in [-0.3, -0.25) is 9.59 Å². The lowest BCUT2D eigenvalue weighted by Crippen LogP contribution is -2.30. The maximum atomic E-state index is 12.8. The quantitative estimate of drug-likeness (QED) is 0.682. The Labute approximate surface area is 157 Å². The van der Waals surface area contributed by atoms with E-state index in [1.54, 1.807) is 18.2 Å². The second-order valence-electron chi connectivity index (χ2n) is 5.50. The molecule has 0 aliphatic rings. The maximum absolute atomic E-state index is 12.8. The van der Waals surface area contributed by atoms with E-state index in [1.165, 1.54) is 24.3 Å². The van der Waals surface area contributed by atoms with Gasteiger partial charge in [0.1, 0.15) is 19.0 Å². The van der Waals surface area contributed by atoms with Crippen LogP contribution >= 0.6 is 0 Å². The van der Waals surface area contributed by atoms with Gasteiger partial charge in [-0.1, -0.05) is 12.1 Å². The van der Waals surface area contributed by atoms with Crippen molar-refractivity contribution in [2.75, 3.05) is 19.8 Å². The van der Waals surface area contributed by atoms with E-state index in [-0.39, 0.29) is 19.0 Å². The average Bonchev–Trinajstić information content (AvgIpc) is 2.67. The number of halogens is 1. The number of hydrogen-bond donors (Lipinski definition) is 1. The summed E-state index contributed by atoms with van der Waals surface area (Å²) in [6.45, 7) is 4.32. The molecule has 0 aliphatic carbocycles. The fourth-order valence-corrected chi connectivity index (χ4v) is 2.24. The van der Waals surface area contributed by atoms with Crippen LogP contribution in [0.1, 0.15) is 29.8 Å². The molecule has 0 unspecified atom stereocenters. The Kier molecular flexibility index (Phi) is 7.61. The van der Waals surface area contributed by atoms with Crippen molar-refractivity contribution >= 4 is 11.9 Å². The summed E-state index contributed by atoms with van der Waals surface area (Å²) in [5.74, 6) is -0.374. The third kappa shape index (κ3) is 6.29. The van der Waals surface area contributed by atoms with Crippen LogP contribution in [0.5, 0.6) is 11.5 Å². The molecule has 0 spiro atoms. The summed E-state index contributed by atoms with van der Waals surface area (Å²) < 4.78 is 28.8. The largest absolute Gasteiger partial charge is 0.490 e. The van der Waals surface area contributed by atoms with Crippen molar-refractivity contribution in [3.8, 4) is 11.5 Å². The molecule has 2 aromatic carbocycles. The molecule has 2 rings (SSSR count). The van der Waals surface area contributed by atoms with Crippen LogP contribution in [0.3, 0.4) is 0 Å². The third-order valence-corrected chi connectivity index (χ3v) is 3.51. The van der Waals surface area contributed by atoms with E-state index >= 15 is 0 Å². The van der Waals surface area contributed by atoms with Gasteiger partial charge in [0.05, 0.1) is 13.2 Å². The van der Waals surface area contributed by atoms with E-state index in [0.29, 0.717) is 35.8 Å². The Morgan fingerprint density at radius 1 is 0.963 bits per heavy atom. The molecule has 27 heavy (non-hydrogen) atoms. The fraction of sp³-hybridized carbons (Fsp3) is 0.300. The van der Waals surface area contributed by atoms with Crippen LogP contribution in [0.15, 0.2) is 42.5 Å². The topological polar surface area (TPSA) is 73.9 Å². The SMILES string of the molecule is CCOc1ccc(C(=O)NCC(=O)OCc2ccc(F)cc2)cc1OCC. The van der Waals surface area contributed by atoms with Crippen molar-refractivity contribution in [2.24, 2.45) is 0 Å². The molecule has 144 valence electrons. The molecular weight excluding hydrogens is 353 g/mol. The smallest absolute Gasteiger partial charge is 0.325 e. The minimum absolute atomic E-state index is 0.00647. The highest BCUT2D eigenvalue weighted by Gasteiger charge is 2.13. The van der Waals surface area contributed by atoms with Gasteiger partial charge in [0, 0.05) is 5.56 Å². The molecule has 0 aromatic heterocycles. The zero-order valence-corrected chi connectivity index (χ0v) is 15.3. The van der Waals surface area contributed by atoms with Gasteiger partial charge in [-0.05, 0) is 49.7 Å². The van der Waals surface area contributed by atoms with Crippen LogP contribution in [0.25, 0.3) is 0 Å². The number of esters is 1. The first-order valence-corrected chi connectivity index (χ1v) is 8.61. The van der Waals surface area contributed by atoms with Crippen molar-refractivity contribution < 1.29 is 28.2 Å². The minimum Gasteiger partial charge on any atom is -0.490 e. The number of hydrogen-bond acceptors (Lipinski definition) is 5. The molecule has 1 amide bonds. The van der Waals surface area contributed by atoms with Crippen LogP contribution in [0.2, 0.25) is 0 Å².